The maximum absolute atomic E-state index is 14.3. The fourth-order valence-electron chi connectivity index (χ4n) is 4.16. The standard InChI is InChI=1S/C21H10F6O4/c22-20(23,24)19(21(25,26)27,9-1-3-11-13(5-9)17(30)7-15(11)28)10-2-4-12-14(6-10)18(31)8-16(12)29/h1-6H,7-8H2. The minimum Gasteiger partial charge on any atom is -0.294 e. The topological polar surface area (TPSA) is 68.3 Å². The summed E-state index contributed by atoms with van der Waals surface area (Å²) in [5.74, 6) is -3.15. The summed E-state index contributed by atoms with van der Waals surface area (Å²) >= 11 is 0. The molecule has 2 aromatic carbocycles. The van der Waals surface area contributed by atoms with Gasteiger partial charge in [-0.1, -0.05) is 24.3 Å². The van der Waals surface area contributed by atoms with Crippen LogP contribution >= 0.6 is 0 Å². The fraction of sp³-hybridized carbons (Fsp3) is 0.238. The van der Waals surface area contributed by atoms with Crippen molar-refractivity contribution in [3.05, 3.63) is 69.8 Å². The van der Waals surface area contributed by atoms with Gasteiger partial charge in [-0.3, -0.25) is 19.2 Å². The molecule has 0 spiro atoms. The first-order chi connectivity index (χ1) is 14.3. The first-order valence-electron chi connectivity index (χ1n) is 8.84. The second kappa shape index (κ2) is 6.35. The van der Waals surface area contributed by atoms with Crippen LogP contribution in [0.5, 0.6) is 0 Å². The number of halogens is 6. The van der Waals surface area contributed by atoms with Gasteiger partial charge in [-0.25, -0.2) is 0 Å². The highest BCUT2D eigenvalue weighted by molar-refractivity contribution is 6.25. The lowest BCUT2D eigenvalue weighted by Crippen LogP contribution is -2.55. The molecule has 4 nitrogen and oxygen atoms in total. The Morgan fingerprint density at radius 3 is 1.16 bits per heavy atom. The van der Waals surface area contributed by atoms with E-state index in [1.807, 2.05) is 0 Å². The molecule has 0 saturated carbocycles. The summed E-state index contributed by atoms with van der Waals surface area (Å²) in [6, 6.07) is 3.43. The van der Waals surface area contributed by atoms with E-state index >= 15 is 0 Å². The molecule has 0 aromatic heterocycles. The zero-order chi connectivity index (χ0) is 22.9. The molecule has 2 aromatic rings. The van der Waals surface area contributed by atoms with Crippen LogP contribution in [0, 0.1) is 0 Å². The fourth-order valence-corrected chi connectivity index (χ4v) is 4.16. The van der Waals surface area contributed by atoms with Gasteiger partial charge in [0.05, 0.1) is 12.8 Å². The molecule has 0 amide bonds. The first-order valence-corrected chi connectivity index (χ1v) is 8.84. The minimum absolute atomic E-state index is 0.248. The number of alkyl halides is 6. The maximum Gasteiger partial charge on any atom is 0.411 e. The molecule has 0 fully saturated rings. The predicted molar refractivity (Wildman–Crippen MR) is 92.3 cm³/mol. The lowest BCUT2D eigenvalue weighted by atomic mass is 9.71. The van der Waals surface area contributed by atoms with Gasteiger partial charge in [0.15, 0.2) is 23.1 Å². The third-order valence-electron chi connectivity index (χ3n) is 5.60. The largest absolute Gasteiger partial charge is 0.411 e. The summed E-state index contributed by atoms with van der Waals surface area (Å²) < 4.78 is 85.6. The maximum atomic E-state index is 14.3. The predicted octanol–water partition coefficient (Wildman–Crippen LogP) is 4.64. The van der Waals surface area contributed by atoms with Crippen molar-refractivity contribution in [2.75, 3.05) is 0 Å². The van der Waals surface area contributed by atoms with Crippen molar-refractivity contribution < 1.29 is 45.5 Å². The van der Waals surface area contributed by atoms with Crippen LogP contribution in [0.3, 0.4) is 0 Å². The summed E-state index contributed by atoms with van der Waals surface area (Å²) in [7, 11) is 0. The third kappa shape index (κ3) is 2.77. The number of carbonyl (C=O) groups excluding carboxylic acids is 4. The van der Waals surface area contributed by atoms with Gasteiger partial charge in [0, 0.05) is 22.3 Å². The van der Waals surface area contributed by atoms with Crippen LogP contribution < -0.4 is 0 Å². The molecule has 160 valence electrons. The quantitative estimate of drug-likeness (QED) is 0.504. The van der Waals surface area contributed by atoms with Gasteiger partial charge < -0.3 is 0 Å². The summed E-state index contributed by atoms with van der Waals surface area (Å²) in [5, 5.41) is 0. The van der Waals surface area contributed by atoms with Crippen molar-refractivity contribution in [2.24, 2.45) is 0 Å². The van der Waals surface area contributed by atoms with Gasteiger partial charge >= 0.3 is 12.4 Å². The Labute approximate surface area is 169 Å². The van der Waals surface area contributed by atoms with Gasteiger partial charge in [-0.05, 0) is 23.3 Å². The monoisotopic (exact) mass is 440 g/mol. The van der Waals surface area contributed by atoms with Crippen LogP contribution in [0.4, 0.5) is 26.3 Å². The number of ketones is 4. The summed E-state index contributed by atoms with van der Waals surface area (Å²) in [6.45, 7) is 0. The van der Waals surface area contributed by atoms with E-state index in [1.165, 1.54) is 0 Å². The van der Waals surface area contributed by atoms with Crippen LogP contribution in [-0.4, -0.2) is 35.5 Å². The van der Waals surface area contributed by atoms with Gasteiger partial charge in [0.2, 0.25) is 5.41 Å². The summed E-state index contributed by atoms with van der Waals surface area (Å²) in [5.41, 5.74) is -8.76. The third-order valence-corrected chi connectivity index (χ3v) is 5.60. The normalized spacial score (nSPS) is 16.7. The molecule has 10 heteroatoms. The Balaban J connectivity index is 2.06. The molecule has 0 N–H and O–H groups in total. The number of rotatable bonds is 2. The number of fused-ring (bicyclic) bond motifs is 2. The molecule has 0 unspecified atom stereocenters. The molecule has 0 radical (unpaired) electrons. The molecule has 0 heterocycles. The number of hydrogen-bond acceptors (Lipinski definition) is 4. The van der Waals surface area contributed by atoms with Crippen LogP contribution in [0.1, 0.15) is 65.4 Å². The van der Waals surface area contributed by atoms with Crippen LogP contribution in [0.15, 0.2) is 36.4 Å². The molecule has 31 heavy (non-hydrogen) atoms. The molecule has 0 saturated heterocycles. The Hall–Kier alpha value is -3.30. The molecule has 4 rings (SSSR count). The van der Waals surface area contributed by atoms with Crippen LogP contribution in [-0.2, 0) is 5.41 Å². The van der Waals surface area contributed by atoms with E-state index in [0.29, 0.717) is 24.3 Å². The second-order valence-corrected chi connectivity index (χ2v) is 7.31. The Morgan fingerprint density at radius 2 is 0.839 bits per heavy atom. The Kier molecular flexibility index (Phi) is 4.29. The molecular formula is C21H10F6O4. The molecule has 0 bridgehead atoms. The van der Waals surface area contributed by atoms with Gasteiger partial charge in [-0.2, -0.15) is 26.3 Å². The molecule has 0 atom stereocenters. The number of benzene rings is 2. The van der Waals surface area contributed by atoms with Crippen LogP contribution in [0.25, 0.3) is 0 Å². The zero-order valence-electron chi connectivity index (χ0n) is 15.3. The smallest absolute Gasteiger partial charge is 0.294 e. The number of hydrogen-bond donors (Lipinski definition) is 0. The van der Waals surface area contributed by atoms with Gasteiger partial charge in [0.25, 0.3) is 0 Å². The van der Waals surface area contributed by atoms with E-state index in [9.17, 15) is 45.5 Å². The summed E-state index contributed by atoms with van der Waals surface area (Å²) in [6.07, 6.45) is -13.2. The molecule has 2 aliphatic rings. The van der Waals surface area contributed by atoms with Crippen molar-refractivity contribution >= 4 is 23.1 Å². The Bertz CT molecular complexity index is 1100. The van der Waals surface area contributed by atoms with E-state index in [-0.39, 0.29) is 11.1 Å². The van der Waals surface area contributed by atoms with Gasteiger partial charge in [0.1, 0.15) is 0 Å². The highest BCUT2D eigenvalue weighted by atomic mass is 19.4. The average Bonchev–Trinajstić information content (AvgIpc) is 3.09. The highest BCUT2D eigenvalue weighted by Crippen LogP contribution is 2.57. The van der Waals surface area contributed by atoms with Crippen molar-refractivity contribution in [3.63, 3.8) is 0 Å². The van der Waals surface area contributed by atoms with Crippen LogP contribution in [0.2, 0.25) is 0 Å². The number of Topliss-reactive ketones (excluding diaryl/α,β-unsaturated/α-hetero) is 4. The lowest BCUT2D eigenvalue weighted by Gasteiger charge is -2.38. The summed E-state index contributed by atoms with van der Waals surface area (Å²) in [4.78, 5) is 47.4. The van der Waals surface area contributed by atoms with E-state index < -0.39 is 76.0 Å². The van der Waals surface area contributed by atoms with E-state index in [2.05, 4.69) is 0 Å². The lowest BCUT2D eigenvalue weighted by molar-refractivity contribution is -0.288. The second-order valence-electron chi connectivity index (χ2n) is 7.31. The van der Waals surface area contributed by atoms with Crippen molar-refractivity contribution in [3.8, 4) is 0 Å². The molecule has 0 aliphatic heterocycles. The number of carbonyl (C=O) groups is 4. The van der Waals surface area contributed by atoms with Gasteiger partial charge in [-0.15, -0.1) is 0 Å². The SMILES string of the molecule is O=C1CC(=O)c2cc(C(c3ccc4c(c3)C(=O)CC4=O)(C(F)(F)F)C(F)(F)F)ccc21. The molecular weight excluding hydrogens is 430 g/mol. The first kappa shape index (κ1) is 21.0. The highest BCUT2D eigenvalue weighted by Gasteiger charge is 2.72. The average molecular weight is 440 g/mol. The zero-order valence-corrected chi connectivity index (χ0v) is 15.3. The molecule has 2 aliphatic carbocycles. The van der Waals surface area contributed by atoms with Crippen molar-refractivity contribution in [1.29, 1.82) is 0 Å². The van der Waals surface area contributed by atoms with Crippen molar-refractivity contribution in [1.82, 2.24) is 0 Å². The van der Waals surface area contributed by atoms with E-state index in [1.54, 1.807) is 0 Å². The minimum atomic E-state index is -5.94. The Morgan fingerprint density at radius 1 is 0.516 bits per heavy atom. The van der Waals surface area contributed by atoms with E-state index in [0.717, 1.165) is 12.1 Å². The van der Waals surface area contributed by atoms with E-state index in [4.69, 9.17) is 0 Å². The van der Waals surface area contributed by atoms with Crippen molar-refractivity contribution in [2.45, 2.75) is 30.6 Å².